The van der Waals surface area contributed by atoms with Crippen LogP contribution in [-0.4, -0.2) is 43.4 Å². The summed E-state index contributed by atoms with van der Waals surface area (Å²) in [5.41, 5.74) is 4.90. The first-order valence-corrected chi connectivity index (χ1v) is 12.3. The average molecular weight is 448 g/mol. The molecule has 1 aliphatic rings. The van der Waals surface area contributed by atoms with Crippen molar-refractivity contribution < 1.29 is 18.0 Å². The number of nitrogens with zero attached hydrogens (tertiary/aromatic N) is 1. The molecular formula is C21H25N3O4S2. The summed E-state index contributed by atoms with van der Waals surface area (Å²) in [5, 5.41) is 0. The fourth-order valence-corrected chi connectivity index (χ4v) is 5.53. The highest BCUT2D eigenvalue weighted by Gasteiger charge is 2.26. The van der Waals surface area contributed by atoms with Gasteiger partial charge in [-0.25, -0.2) is 8.42 Å². The van der Waals surface area contributed by atoms with E-state index in [-0.39, 0.29) is 22.8 Å². The van der Waals surface area contributed by atoms with Crippen LogP contribution >= 0.6 is 11.8 Å². The van der Waals surface area contributed by atoms with E-state index in [9.17, 15) is 18.0 Å². The van der Waals surface area contributed by atoms with E-state index in [1.807, 2.05) is 30.3 Å². The van der Waals surface area contributed by atoms with E-state index in [0.717, 1.165) is 24.2 Å². The summed E-state index contributed by atoms with van der Waals surface area (Å²) in [6.45, 7) is 0.992. The van der Waals surface area contributed by atoms with E-state index in [2.05, 4.69) is 10.9 Å². The lowest BCUT2D eigenvalue weighted by molar-refractivity contribution is -0.121. The van der Waals surface area contributed by atoms with E-state index in [0.29, 0.717) is 18.8 Å². The maximum absolute atomic E-state index is 12.8. The van der Waals surface area contributed by atoms with Crippen LogP contribution < -0.4 is 10.9 Å². The molecule has 0 aromatic heterocycles. The lowest BCUT2D eigenvalue weighted by atomic mass is 10.2. The quantitative estimate of drug-likeness (QED) is 0.503. The van der Waals surface area contributed by atoms with Gasteiger partial charge < -0.3 is 0 Å². The van der Waals surface area contributed by atoms with Gasteiger partial charge in [0.1, 0.15) is 0 Å². The normalized spacial score (nSPS) is 14.8. The van der Waals surface area contributed by atoms with Crippen LogP contribution in [0.3, 0.4) is 0 Å². The van der Waals surface area contributed by atoms with Gasteiger partial charge in [0, 0.05) is 35.7 Å². The van der Waals surface area contributed by atoms with Crippen molar-refractivity contribution in [2.45, 2.75) is 35.5 Å². The highest BCUT2D eigenvalue weighted by atomic mass is 32.2. The number of amides is 2. The fraction of sp³-hybridized carbons (Fsp3) is 0.333. The van der Waals surface area contributed by atoms with E-state index in [1.165, 1.54) is 28.6 Å². The van der Waals surface area contributed by atoms with Gasteiger partial charge in [-0.2, -0.15) is 4.31 Å². The zero-order valence-electron chi connectivity index (χ0n) is 16.5. The Hall–Kier alpha value is -2.36. The van der Waals surface area contributed by atoms with Gasteiger partial charge in [-0.05, 0) is 43.2 Å². The molecular weight excluding hydrogens is 422 g/mol. The lowest BCUT2D eigenvalue weighted by Gasteiger charge is -2.26. The molecule has 0 aliphatic carbocycles. The van der Waals surface area contributed by atoms with Gasteiger partial charge in [-0.1, -0.05) is 30.7 Å². The molecule has 2 N–H and O–H groups in total. The molecule has 1 fully saturated rings. The predicted molar refractivity (Wildman–Crippen MR) is 116 cm³/mol. The van der Waals surface area contributed by atoms with Crippen molar-refractivity contribution in [2.24, 2.45) is 0 Å². The predicted octanol–water partition coefficient (Wildman–Crippen LogP) is 2.80. The highest BCUT2D eigenvalue weighted by molar-refractivity contribution is 7.99. The number of hydrogen-bond donors (Lipinski definition) is 2. The number of hydrazine groups is 1. The number of hydrogen-bond acceptors (Lipinski definition) is 5. The molecule has 7 nitrogen and oxygen atoms in total. The Balaban J connectivity index is 1.51. The first-order chi connectivity index (χ1) is 14.5. The second kappa shape index (κ2) is 10.6. The Labute approximate surface area is 181 Å². The molecule has 0 unspecified atom stereocenters. The van der Waals surface area contributed by atoms with Crippen molar-refractivity contribution in [3.8, 4) is 0 Å². The second-order valence-corrected chi connectivity index (χ2v) is 10.0. The standard InChI is InChI=1S/C21H25N3O4S2/c25-20(12-15-29-18-9-3-1-4-10-18)22-23-21(26)17-8-7-11-19(16-17)30(27,28)24-13-5-2-6-14-24/h1,3-4,7-11,16H,2,5-6,12-15H2,(H,22,25)(H,23,26). The van der Waals surface area contributed by atoms with Gasteiger partial charge in [-0.3, -0.25) is 20.4 Å². The smallest absolute Gasteiger partial charge is 0.269 e. The molecule has 2 aromatic carbocycles. The minimum atomic E-state index is -3.62. The maximum atomic E-state index is 12.8. The third-order valence-corrected chi connectivity index (χ3v) is 7.61. The van der Waals surface area contributed by atoms with Crippen molar-refractivity contribution in [1.82, 2.24) is 15.2 Å². The Bertz CT molecular complexity index is 975. The summed E-state index contributed by atoms with van der Waals surface area (Å²) in [4.78, 5) is 25.5. The maximum Gasteiger partial charge on any atom is 0.269 e. The van der Waals surface area contributed by atoms with Crippen molar-refractivity contribution in [2.75, 3.05) is 18.8 Å². The molecule has 1 saturated heterocycles. The van der Waals surface area contributed by atoms with E-state index < -0.39 is 15.9 Å². The molecule has 0 bridgehead atoms. The summed E-state index contributed by atoms with van der Waals surface area (Å²) < 4.78 is 27.0. The summed E-state index contributed by atoms with van der Waals surface area (Å²) in [7, 11) is -3.62. The molecule has 160 valence electrons. The van der Waals surface area contributed by atoms with E-state index >= 15 is 0 Å². The number of carbonyl (C=O) groups excluding carboxylic acids is 2. The number of sulfonamides is 1. The zero-order valence-corrected chi connectivity index (χ0v) is 18.2. The lowest BCUT2D eigenvalue weighted by Crippen LogP contribution is -2.41. The summed E-state index contributed by atoms with van der Waals surface area (Å²) in [5.74, 6) is -0.298. The molecule has 0 spiro atoms. The van der Waals surface area contributed by atoms with Gasteiger partial charge in [0.2, 0.25) is 15.9 Å². The minimum Gasteiger partial charge on any atom is -0.273 e. The molecule has 1 heterocycles. The summed E-state index contributed by atoms with van der Waals surface area (Å²) >= 11 is 1.55. The number of carbonyl (C=O) groups is 2. The van der Waals surface area contributed by atoms with Crippen molar-refractivity contribution in [3.63, 3.8) is 0 Å². The largest absolute Gasteiger partial charge is 0.273 e. The summed E-state index contributed by atoms with van der Waals surface area (Å²) in [6.07, 6.45) is 2.95. The SMILES string of the molecule is O=C(CCSc1ccccc1)NNC(=O)c1cccc(S(=O)(=O)N2CCCCC2)c1. The molecule has 0 atom stereocenters. The molecule has 2 aromatic rings. The van der Waals surface area contributed by atoms with Gasteiger partial charge in [0.05, 0.1) is 4.90 Å². The van der Waals surface area contributed by atoms with Crippen LogP contribution in [0.5, 0.6) is 0 Å². The zero-order chi connectivity index (χ0) is 21.4. The molecule has 2 amide bonds. The number of benzene rings is 2. The van der Waals surface area contributed by atoms with Gasteiger partial charge in [0.25, 0.3) is 5.91 Å². The van der Waals surface area contributed by atoms with Crippen LogP contribution in [0.4, 0.5) is 0 Å². The van der Waals surface area contributed by atoms with Crippen LogP contribution in [0.15, 0.2) is 64.4 Å². The first-order valence-electron chi connectivity index (χ1n) is 9.84. The Morgan fingerprint density at radius 2 is 1.67 bits per heavy atom. The monoisotopic (exact) mass is 447 g/mol. The molecule has 1 aliphatic heterocycles. The number of thioether (sulfide) groups is 1. The molecule has 30 heavy (non-hydrogen) atoms. The Morgan fingerprint density at radius 3 is 2.40 bits per heavy atom. The highest BCUT2D eigenvalue weighted by Crippen LogP contribution is 2.21. The molecule has 0 saturated carbocycles. The molecule has 9 heteroatoms. The van der Waals surface area contributed by atoms with Gasteiger partial charge in [-0.15, -0.1) is 11.8 Å². The fourth-order valence-electron chi connectivity index (χ4n) is 3.09. The minimum absolute atomic E-state index is 0.0858. The summed E-state index contributed by atoms with van der Waals surface area (Å²) in [6, 6.07) is 15.6. The number of piperidine rings is 1. The second-order valence-electron chi connectivity index (χ2n) is 6.91. The van der Waals surface area contributed by atoms with Crippen LogP contribution in [0, 0.1) is 0 Å². The van der Waals surface area contributed by atoms with Crippen LogP contribution in [0.1, 0.15) is 36.0 Å². The Morgan fingerprint density at radius 1 is 0.933 bits per heavy atom. The number of rotatable bonds is 7. The van der Waals surface area contributed by atoms with E-state index in [4.69, 9.17) is 0 Å². The Kier molecular flexibility index (Phi) is 7.89. The van der Waals surface area contributed by atoms with E-state index in [1.54, 1.807) is 11.8 Å². The van der Waals surface area contributed by atoms with Crippen molar-refractivity contribution in [1.29, 1.82) is 0 Å². The molecule has 3 rings (SSSR count). The van der Waals surface area contributed by atoms with Crippen LogP contribution in [0.25, 0.3) is 0 Å². The van der Waals surface area contributed by atoms with Crippen LogP contribution in [0.2, 0.25) is 0 Å². The van der Waals surface area contributed by atoms with Gasteiger partial charge >= 0.3 is 0 Å². The van der Waals surface area contributed by atoms with Crippen molar-refractivity contribution >= 4 is 33.6 Å². The third kappa shape index (κ3) is 6.07. The molecule has 0 radical (unpaired) electrons. The average Bonchev–Trinajstić information content (AvgIpc) is 2.79. The topological polar surface area (TPSA) is 95.6 Å². The number of nitrogens with one attached hydrogen (secondary N) is 2. The van der Waals surface area contributed by atoms with Crippen molar-refractivity contribution in [3.05, 3.63) is 60.2 Å². The van der Waals surface area contributed by atoms with Crippen LogP contribution in [-0.2, 0) is 14.8 Å². The first kappa shape index (κ1) is 22.3. The van der Waals surface area contributed by atoms with Gasteiger partial charge in [0.15, 0.2) is 0 Å². The third-order valence-electron chi connectivity index (χ3n) is 4.71.